The van der Waals surface area contributed by atoms with Crippen LogP contribution in [0, 0.1) is 27.7 Å². The number of rotatable bonds is 4. The highest BCUT2D eigenvalue weighted by Gasteiger charge is 2.07. The molecule has 29 heavy (non-hydrogen) atoms. The fourth-order valence-corrected chi connectivity index (χ4v) is 2.94. The van der Waals surface area contributed by atoms with E-state index in [1.54, 1.807) is 0 Å². The summed E-state index contributed by atoms with van der Waals surface area (Å²) in [5, 5.41) is 0. The van der Waals surface area contributed by atoms with E-state index in [2.05, 4.69) is 62.6 Å². The summed E-state index contributed by atoms with van der Waals surface area (Å²) in [4.78, 5) is 6.50. The zero-order valence-electron chi connectivity index (χ0n) is 19.5. The molecule has 0 aliphatic carbocycles. The number of nitrogens with zero attached hydrogens (tertiary/aromatic N) is 2. The summed E-state index contributed by atoms with van der Waals surface area (Å²) in [6.07, 6.45) is 0. The van der Waals surface area contributed by atoms with Gasteiger partial charge < -0.3 is 14.1 Å². The second-order valence-electron chi connectivity index (χ2n) is 7.30. The number of hydrogen-bond acceptors (Lipinski definition) is 4. The third kappa shape index (κ3) is 7.74. The average molecular weight is 397 g/mol. The van der Waals surface area contributed by atoms with Gasteiger partial charge in [-0.15, -0.1) is 0 Å². The Morgan fingerprint density at radius 1 is 1.03 bits per heavy atom. The smallest absolute Gasteiger partial charge is 0.192 e. The molecule has 0 saturated heterocycles. The molecule has 0 aliphatic rings. The lowest BCUT2D eigenvalue weighted by molar-refractivity contribution is 0.402. The first kappa shape index (κ1) is 24.4. The number of aryl methyl sites for hydroxylation is 4. The Balaban J connectivity index is 0.000000273. The van der Waals surface area contributed by atoms with E-state index in [-0.39, 0.29) is 0 Å². The number of ether oxygens (including phenoxy) is 1. The molecular weight excluding hydrogens is 360 g/mol. The van der Waals surface area contributed by atoms with Gasteiger partial charge in [0.1, 0.15) is 11.3 Å². The minimum atomic E-state index is 0.724. The van der Waals surface area contributed by atoms with E-state index in [9.17, 15) is 0 Å². The Morgan fingerprint density at radius 2 is 1.69 bits per heavy atom. The van der Waals surface area contributed by atoms with Gasteiger partial charge in [0.25, 0.3) is 0 Å². The molecule has 0 atom stereocenters. The van der Waals surface area contributed by atoms with Crippen LogP contribution >= 0.6 is 0 Å². The van der Waals surface area contributed by atoms with Gasteiger partial charge in [0.15, 0.2) is 11.5 Å². The Bertz CT molecular complexity index is 939. The van der Waals surface area contributed by atoms with Gasteiger partial charge in [0, 0.05) is 13.5 Å². The van der Waals surface area contributed by atoms with Gasteiger partial charge in [-0.25, -0.2) is 4.98 Å². The van der Waals surface area contributed by atoms with Gasteiger partial charge in [0.2, 0.25) is 0 Å². The first-order valence-corrected chi connectivity index (χ1v) is 10.1. The molecule has 4 nitrogen and oxygen atoms in total. The molecule has 0 saturated carbocycles. The highest BCUT2D eigenvalue weighted by atomic mass is 16.5. The number of aromatic nitrogens is 1. The van der Waals surface area contributed by atoms with Gasteiger partial charge in [-0.05, 0) is 70.6 Å². The van der Waals surface area contributed by atoms with Crippen molar-refractivity contribution in [3.05, 3.63) is 70.8 Å². The molecule has 158 valence electrons. The normalized spacial score (nSPS) is 10.1. The molecule has 0 bridgehead atoms. The predicted molar refractivity (Wildman–Crippen MR) is 124 cm³/mol. The maximum absolute atomic E-state index is 5.53. The molecule has 0 amide bonds. The van der Waals surface area contributed by atoms with Crippen LogP contribution < -0.4 is 4.74 Å². The van der Waals surface area contributed by atoms with Crippen LogP contribution in [-0.2, 0) is 6.54 Å². The van der Waals surface area contributed by atoms with Crippen LogP contribution in [0.25, 0.3) is 11.1 Å². The SMILES string of the molecule is C=C(C)Oc1ccc(C)cc1C.CC.Cc1nc2cc(CN(C)C)cc(C)c2o1. The zero-order chi connectivity index (χ0) is 22.1. The van der Waals surface area contributed by atoms with Crippen molar-refractivity contribution in [1.82, 2.24) is 9.88 Å². The summed E-state index contributed by atoms with van der Waals surface area (Å²) in [6.45, 7) is 18.5. The molecule has 4 heteroatoms. The largest absolute Gasteiger partial charge is 0.462 e. The number of benzene rings is 2. The number of fused-ring (bicyclic) bond motifs is 1. The third-order valence-electron chi connectivity index (χ3n) is 3.96. The van der Waals surface area contributed by atoms with Gasteiger partial charge in [-0.3, -0.25) is 0 Å². The van der Waals surface area contributed by atoms with E-state index >= 15 is 0 Å². The van der Waals surface area contributed by atoms with E-state index in [0.717, 1.165) is 46.2 Å². The summed E-state index contributed by atoms with van der Waals surface area (Å²) in [6, 6.07) is 10.4. The van der Waals surface area contributed by atoms with Crippen molar-refractivity contribution in [2.75, 3.05) is 14.1 Å². The maximum Gasteiger partial charge on any atom is 0.192 e. The van der Waals surface area contributed by atoms with Gasteiger partial charge in [-0.2, -0.15) is 0 Å². The maximum atomic E-state index is 5.53. The number of oxazole rings is 1. The molecular formula is C25H36N2O2. The van der Waals surface area contributed by atoms with Crippen molar-refractivity contribution in [2.24, 2.45) is 0 Å². The van der Waals surface area contributed by atoms with Crippen molar-refractivity contribution in [2.45, 2.75) is 55.0 Å². The summed E-state index contributed by atoms with van der Waals surface area (Å²) in [5.74, 6) is 2.35. The lowest BCUT2D eigenvalue weighted by Crippen LogP contribution is -2.10. The third-order valence-corrected chi connectivity index (χ3v) is 3.96. The van der Waals surface area contributed by atoms with Crippen molar-refractivity contribution in [3.8, 4) is 5.75 Å². The summed E-state index contributed by atoms with van der Waals surface area (Å²) < 4.78 is 10.9. The fourth-order valence-electron chi connectivity index (χ4n) is 2.94. The highest BCUT2D eigenvalue weighted by Crippen LogP contribution is 2.22. The van der Waals surface area contributed by atoms with E-state index in [4.69, 9.17) is 9.15 Å². The monoisotopic (exact) mass is 396 g/mol. The Labute approximate surface area is 176 Å². The molecule has 3 aromatic rings. The van der Waals surface area contributed by atoms with E-state index in [0.29, 0.717) is 0 Å². The van der Waals surface area contributed by atoms with Gasteiger partial charge >= 0.3 is 0 Å². The van der Waals surface area contributed by atoms with Crippen molar-refractivity contribution >= 4 is 11.1 Å². The molecule has 0 spiro atoms. The molecule has 0 aliphatic heterocycles. The minimum Gasteiger partial charge on any atom is -0.462 e. The molecule has 0 N–H and O–H groups in total. The number of hydrogen-bond donors (Lipinski definition) is 0. The Morgan fingerprint density at radius 3 is 2.24 bits per heavy atom. The van der Waals surface area contributed by atoms with Crippen molar-refractivity contribution in [1.29, 1.82) is 0 Å². The molecule has 0 radical (unpaired) electrons. The van der Waals surface area contributed by atoms with Crippen LogP contribution in [-0.4, -0.2) is 24.0 Å². The standard InChI is InChI=1S/C12H16N2O.C11H14O.C2H6/c1-8-5-10(7-14(3)4)6-11-12(8)15-9(2)13-11;1-8(2)12-11-6-5-9(3)7-10(11)4;1-2/h5-6H,7H2,1-4H3;5-7H,1H2,2-4H3;1-2H3. The minimum absolute atomic E-state index is 0.724. The van der Waals surface area contributed by atoms with Crippen LogP contribution in [0.4, 0.5) is 0 Å². The molecule has 2 aromatic carbocycles. The van der Waals surface area contributed by atoms with Crippen LogP contribution in [0.1, 0.15) is 48.9 Å². The average Bonchev–Trinajstić information content (AvgIpc) is 3.00. The molecule has 3 rings (SSSR count). The van der Waals surface area contributed by atoms with E-state index in [1.807, 2.05) is 46.8 Å². The van der Waals surface area contributed by atoms with Crippen LogP contribution in [0.2, 0.25) is 0 Å². The Kier molecular flexibility index (Phi) is 9.63. The highest BCUT2D eigenvalue weighted by molar-refractivity contribution is 5.77. The molecule has 1 heterocycles. The predicted octanol–water partition coefficient (Wildman–Crippen LogP) is 6.75. The molecule has 0 fully saturated rings. The van der Waals surface area contributed by atoms with Gasteiger partial charge in [-0.1, -0.05) is 44.2 Å². The summed E-state index contributed by atoms with van der Waals surface area (Å²) in [7, 11) is 4.13. The summed E-state index contributed by atoms with van der Waals surface area (Å²) in [5.41, 5.74) is 6.71. The number of allylic oxidation sites excluding steroid dienone is 1. The topological polar surface area (TPSA) is 38.5 Å². The quantitative estimate of drug-likeness (QED) is 0.457. The van der Waals surface area contributed by atoms with E-state index < -0.39 is 0 Å². The van der Waals surface area contributed by atoms with E-state index in [1.165, 1.54) is 11.1 Å². The second-order valence-corrected chi connectivity index (χ2v) is 7.30. The summed E-state index contributed by atoms with van der Waals surface area (Å²) >= 11 is 0. The van der Waals surface area contributed by atoms with Gasteiger partial charge in [0.05, 0.1) is 5.76 Å². The second kappa shape index (κ2) is 11.4. The Hall–Kier alpha value is -2.59. The lowest BCUT2D eigenvalue weighted by Gasteiger charge is -2.09. The van der Waals surface area contributed by atoms with Crippen LogP contribution in [0.3, 0.4) is 0 Å². The van der Waals surface area contributed by atoms with Crippen molar-refractivity contribution < 1.29 is 9.15 Å². The lowest BCUT2D eigenvalue weighted by atomic mass is 10.1. The van der Waals surface area contributed by atoms with Crippen LogP contribution in [0.15, 0.2) is 47.1 Å². The zero-order valence-corrected chi connectivity index (χ0v) is 19.5. The van der Waals surface area contributed by atoms with Crippen molar-refractivity contribution in [3.63, 3.8) is 0 Å². The molecule has 0 unspecified atom stereocenters. The molecule has 1 aromatic heterocycles. The first-order chi connectivity index (χ1) is 13.7. The first-order valence-electron chi connectivity index (χ1n) is 10.1. The fraction of sp³-hybridized carbons (Fsp3) is 0.400. The van der Waals surface area contributed by atoms with Crippen LogP contribution in [0.5, 0.6) is 5.75 Å².